The Balaban J connectivity index is 0.00000261. The Morgan fingerprint density at radius 2 is 1.96 bits per heavy atom. The molecule has 0 saturated carbocycles. The maximum atomic E-state index is 5.62. The Bertz CT molecular complexity index is 616. The Morgan fingerprint density at radius 3 is 2.56 bits per heavy atom. The van der Waals surface area contributed by atoms with Gasteiger partial charge in [-0.2, -0.15) is 0 Å². The van der Waals surface area contributed by atoms with Crippen molar-refractivity contribution in [1.29, 1.82) is 0 Å². The number of para-hydroxylation sites is 1. The number of nitrogens with zero attached hydrogens (tertiary/aromatic N) is 2. The van der Waals surface area contributed by atoms with Gasteiger partial charge in [0.1, 0.15) is 5.75 Å². The Morgan fingerprint density at radius 1 is 1.26 bits per heavy atom. The lowest BCUT2D eigenvalue weighted by Gasteiger charge is -2.38. The second kappa shape index (κ2) is 10.5. The van der Waals surface area contributed by atoms with Crippen molar-refractivity contribution in [3.05, 3.63) is 29.8 Å². The van der Waals surface area contributed by atoms with Gasteiger partial charge in [-0.25, -0.2) is 0 Å². The summed E-state index contributed by atoms with van der Waals surface area (Å²) in [7, 11) is 3.57. The second-order valence-corrected chi connectivity index (χ2v) is 7.61. The largest absolute Gasteiger partial charge is 0.496 e. The lowest BCUT2D eigenvalue weighted by molar-refractivity contribution is -0.0971. The highest BCUT2D eigenvalue weighted by atomic mass is 127. The molecule has 0 aliphatic carbocycles. The first kappa shape index (κ1) is 22.2. The molecule has 2 fully saturated rings. The van der Waals surface area contributed by atoms with E-state index in [1.807, 2.05) is 19.2 Å². The molecule has 0 radical (unpaired) electrons. The van der Waals surface area contributed by atoms with Crippen LogP contribution in [0.3, 0.4) is 0 Å². The van der Waals surface area contributed by atoms with Crippen molar-refractivity contribution in [3.63, 3.8) is 0 Å². The van der Waals surface area contributed by atoms with Gasteiger partial charge in [0, 0.05) is 31.1 Å². The zero-order valence-corrected chi connectivity index (χ0v) is 19.0. The highest BCUT2D eigenvalue weighted by Crippen LogP contribution is 2.31. The van der Waals surface area contributed by atoms with Crippen molar-refractivity contribution in [1.82, 2.24) is 15.5 Å². The number of ether oxygens (including phenoxy) is 2. The van der Waals surface area contributed by atoms with Gasteiger partial charge in [-0.15, -0.1) is 24.0 Å². The number of hydrogen-bond donors (Lipinski definition) is 2. The van der Waals surface area contributed by atoms with Crippen molar-refractivity contribution in [2.75, 3.05) is 53.6 Å². The SMILES string of the molecule is CN=C(NCC(c1ccccc1OC)N1CCCC1)NCC1(C)COC1.I. The monoisotopic (exact) mass is 488 g/mol. The van der Waals surface area contributed by atoms with Crippen LogP contribution in [0.4, 0.5) is 0 Å². The summed E-state index contributed by atoms with van der Waals surface area (Å²) >= 11 is 0. The summed E-state index contributed by atoms with van der Waals surface area (Å²) in [5, 5.41) is 6.96. The van der Waals surface area contributed by atoms with Gasteiger partial charge in [0.05, 0.1) is 26.4 Å². The van der Waals surface area contributed by atoms with E-state index in [4.69, 9.17) is 9.47 Å². The minimum Gasteiger partial charge on any atom is -0.496 e. The van der Waals surface area contributed by atoms with E-state index in [0.717, 1.165) is 51.1 Å². The first-order valence-electron chi connectivity index (χ1n) is 9.54. The molecule has 2 N–H and O–H groups in total. The molecule has 2 saturated heterocycles. The van der Waals surface area contributed by atoms with Gasteiger partial charge in [-0.3, -0.25) is 9.89 Å². The van der Waals surface area contributed by atoms with E-state index >= 15 is 0 Å². The predicted octanol–water partition coefficient (Wildman–Crippen LogP) is 2.65. The number of aliphatic imine (C=N–C) groups is 1. The molecular formula is C20H33IN4O2. The van der Waals surface area contributed by atoms with E-state index in [9.17, 15) is 0 Å². The van der Waals surface area contributed by atoms with Crippen molar-refractivity contribution in [3.8, 4) is 5.75 Å². The van der Waals surface area contributed by atoms with Crippen LogP contribution < -0.4 is 15.4 Å². The topological polar surface area (TPSA) is 58.1 Å². The number of likely N-dealkylation sites (tertiary alicyclic amines) is 1. The number of methoxy groups -OCH3 is 1. The fraction of sp³-hybridized carbons (Fsp3) is 0.650. The molecule has 2 aliphatic heterocycles. The van der Waals surface area contributed by atoms with E-state index in [-0.39, 0.29) is 35.4 Å². The minimum atomic E-state index is 0. The molecule has 0 spiro atoms. The lowest BCUT2D eigenvalue weighted by atomic mass is 9.89. The van der Waals surface area contributed by atoms with Crippen molar-refractivity contribution < 1.29 is 9.47 Å². The molecule has 1 aromatic carbocycles. The molecule has 0 amide bonds. The number of rotatable bonds is 7. The van der Waals surface area contributed by atoms with E-state index in [2.05, 4.69) is 39.6 Å². The van der Waals surface area contributed by atoms with Crippen LogP contribution in [-0.4, -0.2) is 64.4 Å². The molecule has 1 aromatic rings. The predicted molar refractivity (Wildman–Crippen MR) is 120 cm³/mol. The Hall–Kier alpha value is -1.06. The van der Waals surface area contributed by atoms with Crippen molar-refractivity contribution >= 4 is 29.9 Å². The molecule has 152 valence electrons. The summed E-state index contributed by atoms with van der Waals surface area (Å²) in [4.78, 5) is 6.93. The van der Waals surface area contributed by atoms with Crippen molar-refractivity contribution in [2.24, 2.45) is 10.4 Å². The van der Waals surface area contributed by atoms with Gasteiger partial charge in [0.15, 0.2) is 5.96 Å². The summed E-state index contributed by atoms with van der Waals surface area (Å²) in [6.07, 6.45) is 2.52. The standard InChI is InChI=1S/C20H32N4O2.HI/c1-20(14-26-15-20)13-23-19(21-2)22-12-17(24-10-6-7-11-24)16-8-4-5-9-18(16)25-3;/h4-5,8-9,17H,6-7,10-15H2,1-3H3,(H2,21,22,23);1H. The molecule has 1 atom stereocenters. The molecule has 2 heterocycles. The average Bonchev–Trinajstić information content (AvgIpc) is 3.17. The molecule has 3 rings (SSSR count). The van der Waals surface area contributed by atoms with Crippen LogP contribution >= 0.6 is 24.0 Å². The van der Waals surface area contributed by atoms with Crippen molar-refractivity contribution in [2.45, 2.75) is 25.8 Å². The molecule has 2 aliphatic rings. The van der Waals surface area contributed by atoms with Crippen LogP contribution in [0.15, 0.2) is 29.3 Å². The molecular weight excluding hydrogens is 455 g/mol. The van der Waals surface area contributed by atoms with Gasteiger partial charge in [-0.05, 0) is 32.0 Å². The summed E-state index contributed by atoms with van der Waals surface area (Å²) in [5.41, 5.74) is 1.45. The average molecular weight is 488 g/mol. The molecule has 7 heteroatoms. The number of halogens is 1. The van der Waals surface area contributed by atoms with Gasteiger partial charge in [0.2, 0.25) is 0 Å². The zero-order chi connectivity index (χ0) is 18.4. The van der Waals surface area contributed by atoms with Crippen LogP contribution in [0.25, 0.3) is 0 Å². The van der Waals surface area contributed by atoms with Gasteiger partial charge >= 0.3 is 0 Å². The summed E-state index contributed by atoms with van der Waals surface area (Å²) < 4.78 is 11.0. The molecule has 0 bridgehead atoms. The number of guanidine groups is 1. The Kier molecular flexibility index (Phi) is 8.62. The number of benzene rings is 1. The normalized spacial score (nSPS) is 20.3. The second-order valence-electron chi connectivity index (χ2n) is 7.61. The first-order chi connectivity index (χ1) is 12.6. The van der Waals surface area contributed by atoms with E-state index in [1.54, 1.807) is 7.11 Å². The molecule has 1 unspecified atom stereocenters. The smallest absolute Gasteiger partial charge is 0.191 e. The van der Waals surface area contributed by atoms with Crippen LogP contribution in [-0.2, 0) is 4.74 Å². The summed E-state index contributed by atoms with van der Waals surface area (Å²) in [6.45, 7) is 7.79. The summed E-state index contributed by atoms with van der Waals surface area (Å²) in [6, 6.07) is 8.61. The minimum absolute atomic E-state index is 0. The quantitative estimate of drug-likeness (QED) is 0.351. The van der Waals surface area contributed by atoms with Crippen LogP contribution in [0.5, 0.6) is 5.75 Å². The fourth-order valence-electron chi connectivity index (χ4n) is 3.69. The maximum Gasteiger partial charge on any atom is 0.191 e. The highest BCUT2D eigenvalue weighted by molar-refractivity contribution is 14.0. The number of nitrogens with one attached hydrogen (secondary N) is 2. The van der Waals surface area contributed by atoms with E-state index in [1.165, 1.54) is 18.4 Å². The van der Waals surface area contributed by atoms with E-state index < -0.39 is 0 Å². The van der Waals surface area contributed by atoms with E-state index in [0.29, 0.717) is 0 Å². The molecule has 0 aromatic heterocycles. The number of hydrogen-bond acceptors (Lipinski definition) is 4. The zero-order valence-electron chi connectivity index (χ0n) is 16.7. The molecule has 6 nitrogen and oxygen atoms in total. The third-order valence-corrected chi connectivity index (χ3v) is 5.35. The molecule has 27 heavy (non-hydrogen) atoms. The highest BCUT2D eigenvalue weighted by Gasteiger charge is 2.33. The van der Waals surface area contributed by atoms with Gasteiger partial charge in [-0.1, -0.05) is 25.1 Å². The fourth-order valence-corrected chi connectivity index (χ4v) is 3.69. The Labute approximate surface area is 180 Å². The van der Waals surface area contributed by atoms with Gasteiger partial charge in [0.25, 0.3) is 0 Å². The maximum absolute atomic E-state index is 5.62. The van der Waals surface area contributed by atoms with Gasteiger partial charge < -0.3 is 20.1 Å². The van der Waals surface area contributed by atoms with Crippen LogP contribution in [0.2, 0.25) is 0 Å². The summed E-state index contributed by atoms with van der Waals surface area (Å²) in [5.74, 6) is 1.80. The van der Waals surface area contributed by atoms with Crippen LogP contribution in [0.1, 0.15) is 31.4 Å². The van der Waals surface area contributed by atoms with Crippen LogP contribution in [0, 0.1) is 5.41 Å². The third-order valence-electron chi connectivity index (χ3n) is 5.35. The lowest BCUT2D eigenvalue weighted by Crippen LogP contribution is -2.51. The first-order valence-corrected chi connectivity index (χ1v) is 9.54. The third kappa shape index (κ3) is 5.71.